The quantitative estimate of drug-likeness (QED) is 0.754. The molecule has 0 saturated carbocycles. The number of carbonyl (C=O) groups excluding carboxylic acids is 1. The monoisotopic (exact) mass is 435 g/mol. The molecule has 10 heteroatoms. The smallest absolute Gasteiger partial charge is 0.407 e. The third-order valence-corrected chi connectivity index (χ3v) is 8.15. The minimum Gasteiger partial charge on any atom is -0.444 e. The second kappa shape index (κ2) is 8.73. The summed E-state index contributed by atoms with van der Waals surface area (Å²) in [5.74, 6) is 0.204. The van der Waals surface area contributed by atoms with Gasteiger partial charge in [0.2, 0.25) is 5.43 Å². The summed E-state index contributed by atoms with van der Waals surface area (Å²) in [5.41, 5.74) is -0.452. The Morgan fingerprint density at radius 3 is 2.62 bits per heavy atom. The number of fused-ring (bicyclic) bond motifs is 1. The van der Waals surface area contributed by atoms with E-state index in [1.807, 2.05) is 11.4 Å². The zero-order valence-electron chi connectivity index (χ0n) is 15.0. The molecule has 2 atom stereocenters. The Morgan fingerprint density at radius 2 is 2.00 bits per heavy atom. The Bertz CT molecular complexity index is 909. The number of hydrogen-bond acceptors (Lipinski definition) is 7. The van der Waals surface area contributed by atoms with Gasteiger partial charge in [-0.15, -0.1) is 22.7 Å². The summed E-state index contributed by atoms with van der Waals surface area (Å²) in [4.78, 5) is 24.2. The Morgan fingerprint density at radius 1 is 1.31 bits per heavy atom. The summed E-state index contributed by atoms with van der Waals surface area (Å²) in [6.07, 6.45) is 0.941. The first-order valence-electron chi connectivity index (χ1n) is 7.77. The van der Waals surface area contributed by atoms with Gasteiger partial charge in [-0.25, -0.2) is 4.79 Å². The summed E-state index contributed by atoms with van der Waals surface area (Å²) in [6, 6.07) is 1.83. The first-order valence-corrected chi connectivity index (χ1v) is 12.5. The molecule has 0 aromatic carbocycles. The van der Waals surface area contributed by atoms with Crippen LogP contribution in [0.25, 0.3) is 9.40 Å². The molecule has 2 heterocycles. The van der Waals surface area contributed by atoms with Crippen LogP contribution >= 0.6 is 22.7 Å². The third-order valence-electron chi connectivity index (χ3n) is 3.12. The highest BCUT2D eigenvalue weighted by atomic mass is 32.2. The van der Waals surface area contributed by atoms with Gasteiger partial charge in [-0.2, -0.15) is 0 Å². The standard InChI is InChI=1S/C16H21NO5S4/c1-16(2,3)22-15(19)17-6-8-26(21)9-10-12(18)13-11(5-7-23-13)24-14(10)25(4)20/h5,7H,6,8-9H2,1-4H3,(H,17,19). The summed E-state index contributed by atoms with van der Waals surface area (Å²) in [6.45, 7) is 5.45. The molecule has 2 rings (SSSR count). The Kier molecular flexibility index (Phi) is 7.12. The predicted molar refractivity (Wildman–Crippen MR) is 109 cm³/mol. The van der Waals surface area contributed by atoms with Crippen LogP contribution in [0.4, 0.5) is 4.79 Å². The van der Waals surface area contributed by atoms with Crippen LogP contribution in [-0.2, 0) is 32.1 Å². The first kappa shape index (κ1) is 21.2. The normalized spacial score (nSPS) is 14.2. The van der Waals surface area contributed by atoms with Gasteiger partial charge in [0, 0.05) is 34.9 Å². The number of nitrogens with one attached hydrogen (secondary N) is 1. The topological polar surface area (TPSA) is 89.5 Å². The van der Waals surface area contributed by atoms with Crippen molar-refractivity contribution < 1.29 is 17.9 Å². The van der Waals surface area contributed by atoms with Gasteiger partial charge in [-0.1, -0.05) is 0 Å². The molecule has 1 amide bonds. The maximum Gasteiger partial charge on any atom is 0.407 e. The van der Waals surface area contributed by atoms with E-state index in [9.17, 15) is 18.0 Å². The first-order chi connectivity index (χ1) is 12.1. The lowest BCUT2D eigenvalue weighted by molar-refractivity contribution is 0.0531. The molecule has 0 fully saturated rings. The van der Waals surface area contributed by atoms with Crippen LogP contribution in [-0.4, -0.2) is 38.7 Å². The van der Waals surface area contributed by atoms with Crippen molar-refractivity contribution in [1.29, 1.82) is 0 Å². The van der Waals surface area contributed by atoms with Gasteiger partial charge in [-0.3, -0.25) is 13.2 Å². The minimum absolute atomic E-state index is 0.0219. The largest absolute Gasteiger partial charge is 0.444 e. The van der Waals surface area contributed by atoms with Crippen molar-refractivity contribution in [3.05, 3.63) is 27.2 Å². The lowest BCUT2D eigenvalue weighted by atomic mass is 10.2. The maximum absolute atomic E-state index is 12.6. The van der Waals surface area contributed by atoms with Gasteiger partial charge in [0.1, 0.15) is 5.60 Å². The molecule has 0 aliphatic rings. The number of thiophene rings is 1. The van der Waals surface area contributed by atoms with Crippen LogP contribution in [0.3, 0.4) is 0 Å². The highest BCUT2D eigenvalue weighted by molar-refractivity contribution is 7.87. The average Bonchev–Trinajstić information content (AvgIpc) is 2.96. The zero-order chi connectivity index (χ0) is 19.5. The van der Waals surface area contributed by atoms with Crippen LogP contribution in [0.1, 0.15) is 26.3 Å². The molecule has 26 heavy (non-hydrogen) atoms. The molecule has 0 bridgehead atoms. The van der Waals surface area contributed by atoms with E-state index < -0.39 is 33.3 Å². The molecule has 2 aromatic rings. The van der Waals surface area contributed by atoms with Gasteiger partial charge in [0.25, 0.3) is 0 Å². The van der Waals surface area contributed by atoms with E-state index in [0.29, 0.717) is 14.5 Å². The Balaban J connectivity index is 2.06. The van der Waals surface area contributed by atoms with E-state index in [1.54, 1.807) is 20.8 Å². The molecule has 2 unspecified atom stereocenters. The van der Waals surface area contributed by atoms with Crippen molar-refractivity contribution in [1.82, 2.24) is 5.32 Å². The lowest BCUT2D eigenvalue weighted by Gasteiger charge is -2.19. The number of hydrogen-bond donors (Lipinski definition) is 1. The molecular weight excluding hydrogens is 414 g/mol. The summed E-state index contributed by atoms with van der Waals surface area (Å²) in [5, 5.41) is 4.36. The van der Waals surface area contributed by atoms with Crippen molar-refractivity contribution in [3.63, 3.8) is 0 Å². The number of rotatable bonds is 6. The van der Waals surface area contributed by atoms with E-state index in [4.69, 9.17) is 4.74 Å². The molecule has 144 valence electrons. The number of ether oxygens (including phenoxy) is 1. The van der Waals surface area contributed by atoms with Crippen LogP contribution in [0.5, 0.6) is 0 Å². The number of amides is 1. The number of carbonyl (C=O) groups is 1. The summed E-state index contributed by atoms with van der Waals surface area (Å²) < 4.78 is 31.4. The van der Waals surface area contributed by atoms with Crippen molar-refractivity contribution >= 4 is 59.8 Å². The van der Waals surface area contributed by atoms with Crippen LogP contribution in [0, 0.1) is 0 Å². The molecule has 0 radical (unpaired) electrons. The molecular formula is C16H21NO5S4. The van der Waals surface area contributed by atoms with Crippen LogP contribution in [0.15, 0.2) is 20.5 Å². The van der Waals surface area contributed by atoms with Gasteiger partial charge in [0.15, 0.2) is 0 Å². The highest BCUT2D eigenvalue weighted by Crippen LogP contribution is 2.28. The Labute approximate surface area is 164 Å². The third kappa shape index (κ3) is 5.70. The zero-order valence-corrected chi connectivity index (χ0v) is 18.2. The highest BCUT2D eigenvalue weighted by Gasteiger charge is 2.19. The van der Waals surface area contributed by atoms with E-state index in [1.165, 1.54) is 28.9 Å². The van der Waals surface area contributed by atoms with Crippen molar-refractivity contribution in [3.8, 4) is 0 Å². The lowest BCUT2D eigenvalue weighted by Crippen LogP contribution is -2.34. The molecule has 0 aliphatic carbocycles. The fourth-order valence-corrected chi connectivity index (χ4v) is 6.53. The molecule has 0 aliphatic heterocycles. The molecule has 1 N–H and O–H groups in total. The second-order valence-electron chi connectivity index (χ2n) is 6.48. The minimum atomic E-state index is -1.37. The Hall–Kier alpha value is -1.10. The molecule has 0 saturated heterocycles. The van der Waals surface area contributed by atoms with Crippen LogP contribution in [0.2, 0.25) is 0 Å². The maximum atomic E-state index is 12.6. The van der Waals surface area contributed by atoms with Gasteiger partial charge in [-0.05, 0) is 32.2 Å². The fraction of sp³-hybridized carbons (Fsp3) is 0.500. The van der Waals surface area contributed by atoms with E-state index in [2.05, 4.69) is 5.32 Å². The number of alkyl carbamates (subject to hydrolysis) is 1. The molecule has 6 nitrogen and oxygen atoms in total. The van der Waals surface area contributed by atoms with E-state index in [0.717, 1.165) is 4.70 Å². The average molecular weight is 436 g/mol. The predicted octanol–water partition coefficient (Wildman–Crippen LogP) is 2.83. The van der Waals surface area contributed by atoms with E-state index in [-0.39, 0.29) is 23.5 Å². The van der Waals surface area contributed by atoms with Crippen molar-refractivity contribution in [2.75, 3.05) is 18.6 Å². The summed E-state index contributed by atoms with van der Waals surface area (Å²) >= 11 is 2.63. The second-order valence-corrected chi connectivity index (χ2v) is 11.6. The SMILES string of the molecule is CS(=O)c1sc2ccsc2c(=O)c1CS(=O)CCNC(=O)OC(C)(C)C. The fourth-order valence-electron chi connectivity index (χ4n) is 2.11. The van der Waals surface area contributed by atoms with E-state index >= 15 is 0 Å². The molecule has 0 spiro atoms. The van der Waals surface area contributed by atoms with Gasteiger partial charge in [0.05, 0.1) is 30.2 Å². The molecule has 2 aromatic heterocycles. The van der Waals surface area contributed by atoms with Gasteiger partial charge >= 0.3 is 6.09 Å². The van der Waals surface area contributed by atoms with Crippen molar-refractivity contribution in [2.24, 2.45) is 0 Å². The van der Waals surface area contributed by atoms with Crippen molar-refractivity contribution in [2.45, 2.75) is 36.3 Å². The summed E-state index contributed by atoms with van der Waals surface area (Å²) in [7, 11) is -2.70. The van der Waals surface area contributed by atoms with Gasteiger partial charge < -0.3 is 10.1 Å². The van der Waals surface area contributed by atoms with Crippen LogP contribution < -0.4 is 10.7 Å².